The van der Waals surface area contributed by atoms with E-state index in [1.54, 1.807) is 12.3 Å². The van der Waals surface area contributed by atoms with Crippen molar-refractivity contribution in [3.8, 4) is 0 Å². The first-order valence-electron chi connectivity index (χ1n) is 5.33. The molecule has 17 heavy (non-hydrogen) atoms. The zero-order chi connectivity index (χ0) is 12.3. The number of hydrogen-bond donors (Lipinski definition) is 1. The van der Waals surface area contributed by atoms with Crippen LogP contribution in [0, 0.1) is 0 Å². The number of nitrogens with two attached hydrogens (primary N) is 1. The van der Waals surface area contributed by atoms with Crippen molar-refractivity contribution >= 4 is 23.1 Å². The van der Waals surface area contributed by atoms with Gasteiger partial charge in [-0.1, -0.05) is 29.8 Å². The van der Waals surface area contributed by atoms with Gasteiger partial charge in [0.1, 0.15) is 5.82 Å². The highest BCUT2D eigenvalue weighted by Gasteiger charge is 2.05. The van der Waals surface area contributed by atoms with Gasteiger partial charge in [-0.25, -0.2) is 4.98 Å². The van der Waals surface area contributed by atoms with Crippen LogP contribution in [-0.2, 0) is 6.54 Å². The quantitative estimate of drug-likeness (QED) is 0.907. The van der Waals surface area contributed by atoms with Gasteiger partial charge in [-0.05, 0) is 23.8 Å². The van der Waals surface area contributed by atoms with Crippen molar-refractivity contribution in [2.75, 3.05) is 17.7 Å². The second-order valence-corrected chi connectivity index (χ2v) is 4.30. The van der Waals surface area contributed by atoms with E-state index in [9.17, 15) is 0 Å². The maximum Gasteiger partial charge on any atom is 0.123 e. The summed E-state index contributed by atoms with van der Waals surface area (Å²) in [5.74, 6) is 0.528. The highest BCUT2D eigenvalue weighted by atomic mass is 35.5. The summed E-state index contributed by atoms with van der Waals surface area (Å²) >= 11 is 6.12. The molecular weight excluding hydrogens is 234 g/mol. The van der Waals surface area contributed by atoms with Gasteiger partial charge in [-0.2, -0.15) is 0 Å². The Labute approximate surface area is 106 Å². The van der Waals surface area contributed by atoms with Crippen molar-refractivity contribution in [3.05, 3.63) is 53.2 Å². The highest BCUT2D eigenvalue weighted by Crippen LogP contribution is 2.20. The van der Waals surface area contributed by atoms with Crippen LogP contribution in [0.5, 0.6) is 0 Å². The Kier molecular flexibility index (Phi) is 3.49. The molecule has 0 radical (unpaired) electrons. The average Bonchev–Trinajstić information content (AvgIpc) is 2.33. The largest absolute Gasteiger partial charge is 0.384 e. The first-order chi connectivity index (χ1) is 8.16. The minimum atomic E-state index is 0.528. The Hall–Kier alpha value is -1.74. The van der Waals surface area contributed by atoms with E-state index in [0.717, 1.165) is 22.8 Å². The van der Waals surface area contributed by atoms with Crippen LogP contribution in [0.4, 0.5) is 11.5 Å². The van der Waals surface area contributed by atoms with Gasteiger partial charge in [0.15, 0.2) is 0 Å². The fraction of sp³-hybridized carbons (Fsp3) is 0.154. The molecule has 1 aromatic heterocycles. The van der Waals surface area contributed by atoms with Crippen LogP contribution in [0.3, 0.4) is 0 Å². The number of aromatic nitrogens is 1. The monoisotopic (exact) mass is 247 g/mol. The first kappa shape index (κ1) is 11.7. The number of nitrogen functional groups attached to an aromatic ring is 1. The Balaban J connectivity index is 2.14. The Morgan fingerprint density at radius 3 is 2.65 bits per heavy atom. The zero-order valence-electron chi connectivity index (χ0n) is 9.60. The van der Waals surface area contributed by atoms with Crippen LogP contribution >= 0.6 is 11.6 Å². The van der Waals surface area contributed by atoms with Crippen LogP contribution < -0.4 is 10.6 Å². The maximum atomic E-state index is 6.12. The van der Waals surface area contributed by atoms with E-state index in [1.165, 1.54) is 0 Å². The van der Waals surface area contributed by atoms with E-state index in [0.29, 0.717) is 5.82 Å². The van der Waals surface area contributed by atoms with Crippen LogP contribution in [0.1, 0.15) is 5.56 Å². The number of anilines is 2. The molecule has 1 heterocycles. The molecule has 0 aliphatic rings. The summed E-state index contributed by atoms with van der Waals surface area (Å²) in [5.41, 5.74) is 7.66. The fourth-order valence-electron chi connectivity index (χ4n) is 1.60. The molecule has 0 saturated heterocycles. The highest BCUT2D eigenvalue weighted by molar-refractivity contribution is 6.31. The number of hydrogen-bond acceptors (Lipinski definition) is 3. The van der Waals surface area contributed by atoms with E-state index in [1.807, 2.05) is 37.4 Å². The van der Waals surface area contributed by atoms with Gasteiger partial charge in [0, 0.05) is 18.6 Å². The predicted octanol–water partition coefficient (Wildman–Crippen LogP) is 2.95. The summed E-state index contributed by atoms with van der Waals surface area (Å²) in [6.45, 7) is 0.741. The summed E-state index contributed by atoms with van der Waals surface area (Å²) in [6, 6.07) is 11.6. The minimum Gasteiger partial charge on any atom is -0.384 e. The first-order valence-corrected chi connectivity index (χ1v) is 5.70. The third-order valence-electron chi connectivity index (χ3n) is 2.58. The number of rotatable bonds is 3. The normalized spacial score (nSPS) is 10.2. The smallest absolute Gasteiger partial charge is 0.123 e. The van der Waals surface area contributed by atoms with Crippen LogP contribution in [0.15, 0.2) is 42.6 Å². The van der Waals surface area contributed by atoms with Crippen molar-refractivity contribution in [2.45, 2.75) is 6.54 Å². The Morgan fingerprint density at radius 1 is 1.24 bits per heavy atom. The number of benzene rings is 1. The second kappa shape index (κ2) is 5.06. The predicted molar refractivity (Wildman–Crippen MR) is 72.2 cm³/mol. The molecule has 2 rings (SSSR count). The lowest BCUT2D eigenvalue weighted by molar-refractivity contribution is 0.919. The molecule has 0 bridgehead atoms. The van der Waals surface area contributed by atoms with Crippen LogP contribution in [-0.4, -0.2) is 12.0 Å². The number of nitrogens with zero attached hydrogens (tertiary/aromatic N) is 2. The molecule has 88 valence electrons. The summed E-state index contributed by atoms with van der Waals surface area (Å²) < 4.78 is 0. The van der Waals surface area contributed by atoms with Gasteiger partial charge in [-0.3, -0.25) is 0 Å². The molecule has 4 heteroatoms. The number of pyridine rings is 1. The maximum absolute atomic E-state index is 6.12. The molecule has 0 fully saturated rings. The second-order valence-electron chi connectivity index (χ2n) is 3.89. The molecular formula is C13H14ClN3. The van der Waals surface area contributed by atoms with Gasteiger partial charge in [0.25, 0.3) is 0 Å². The standard InChI is InChI=1S/C13H14ClN3/c1-17(11-6-7-13(15)16-8-11)9-10-4-2-3-5-12(10)14/h2-8H,9H2,1H3,(H2,15,16). The average molecular weight is 248 g/mol. The fourth-order valence-corrected chi connectivity index (χ4v) is 1.79. The topological polar surface area (TPSA) is 42.1 Å². The molecule has 0 atom stereocenters. The SMILES string of the molecule is CN(Cc1ccccc1Cl)c1ccc(N)nc1. The van der Waals surface area contributed by atoms with Crippen molar-refractivity contribution in [3.63, 3.8) is 0 Å². The van der Waals surface area contributed by atoms with E-state index in [-0.39, 0.29) is 0 Å². The molecule has 0 amide bonds. The third-order valence-corrected chi connectivity index (χ3v) is 2.95. The summed E-state index contributed by atoms with van der Waals surface area (Å²) in [4.78, 5) is 6.14. The lowest BCUT2D eigenvalue weighted by atomic mass is 10.2. The van der Waals surface area contributed by atoms with Crippen molar-refractivity contribution < 1.29 is 0 Å². The number of halogens is 1. The Bertz CT molecular complexity index is 496. The summed E-state index contributed by atoms with van der Waals surface area (Å²) in [5, 5.41) is 0.780. The van der Waals surface area contributed by atoms with Gasteiger partial charge in [0.05, 0.1) is 11.9 Å². The molecule has 0 aliphatic heterocycles. The Morgan fingerprint density at radius 2 is 2.00 bits per heavy atom. The van der Waals surface area contributed by atoms with E-state index in [2.05, 4.69) is 9.88 Å². The van der Waals surface area contributed by atoms with Crippen LogP contribution in [0.25, 0.3) is 0 Å². The molecule has 0 spiro atoms. The molecule has 2 aromatic rings. The summed E-state index contributed by atoms with van der Waals surface area (Å²) in [7, 11) is 2.00. The third kappa shape index (κ3) is 2.88. The lowest BCUT2D eigenvalue weighted by Crippen LogP contribution is -2.16. The van der Waals surface area contributed by atoms with Gasteiger partial charge < -0.3 is 10.6 Å². The minimum absolute atomic E-state index is 0.528. The molecule has 0 unspecified atom stereocenters. The summed E-state index contributed by atoms with van der Waals surface area (Å²) in [6.07, 6.45) is 1.76. The van der Waals surface area contributed by atoms with Gasteiger partial charge in [-0.15, -0.1) is 0 Å². The molecule has 3 nitrogen and oxygen atoms in total. The zero-order valence-corrected chi connectivity index (χ0v) is 10.4. The lowest BCUT2D eigenvalue weighted by Gasteiger charge is -2.19. The molecule has 0 aliphatic carbocycles. The van der Waals surface area contributed by atoms with E-state index < -0.39 is 0 Å². The van der Waals surface area contributed by atoms with Gasteiger partial charge >= 0.3 is 0 Å². The molecule has 0 saturated carbocycles. The van der Waals surface area contributed by atoms with Crippen LogP contribution in [0.2, 0.25) is 5.02 Å². The van der Waals surface area contributed by atoms with Gasteiger partial charge in [0.2, 0.25) is 0 Å². The molecule has 1 aromatic carbocycles. The van der Waals surface area contributed by atoms with E-state index in [4.69, 9.17) is 17.3 Å². The van der Waals surface area contributed by atoms with Crippen molar-refractivity contribution in [1.82, 2.24) is 4.98 Å². The van der Waals surface area contributed by atoms with Crippen molar-refractivity contribution in [2.24, 2.45) is 0 Å². The van der Waals surface area contributed by atoms with E-state index >= 15 is 0 Å². The molecule has 2 N–H and O–H groups in total. The van der Waals surface area contributed by atoms with Crippen molar-refractivity contribution in [1.29, 1.82) is 0 Å².